The summed E-state index contributed by atoms with van der Waals surface area (Å²) in [4.78, 5) is 0. The van der Waals surface area contributed by atoms with Crippen molar-refractivity contribution in [3.63, 3.8) is 0 Å². The van der Waals surface area contributed by atoms with E-state index < -0.39 is 79.3 Å². The van der Waals surface area contributed by atoms with Gasteiger partial charge in [-0.15, -0.1) is 0 Å². The van der Waals surface area contributed by atoms with Gasteiger partial charge in [0.05, 0.1) is 45.2 Å². The molecule has 5 saturated heterocycles. The third kappa shape index (κ3) is 7.97. The molecule has 5 unspecified atom stereocenters. The molecule has 0 spiro atoms. The van der Waals surface area contributed by atoms with Crippen LogP contribution in [-0.2, 0) is 65.3 Å². The number of aliphatic hydroxyl groups excluding tert-OH is 1. The van der Waals surface area contributed by atoms with Gasteiger partial charge in [0.2, 0.25) is 0 Å². The molecule has 0 aliphatic carbocycles. The van der Waals surface area contributed by atoms with Gasteiger partial charge in [0.15, 0.2) is 30.9 Å². The van der Waals surface area contributed by atoms with E-state index in [-0.39, 0.29) is 25.7 Å². The van der Waals surface area contributed by atoms with Crippen molar-refractivity contribution in [2.45, 2.75) is 120 Å². The molecule has 5 aliphatic rings. The van der Waals surface area contributed by atoms with Gasteiger partial charge >= 0.3 is 0 Å². The quantitative estimate of drug-likeness (QED) is 0.269. The molecule has 8 rings (SSSR count). The Kier molecular flexibility index (Phi) is 11.0. The van der Waals surface area contributed by atoms with Crippen LogP contribution in [0, 0.1) is 5.92 Å². The Balaban J connectivity index is 1.02. The summed E-state index contributed by atoms with van der Waals surface area (Å²) in [5.41, 5.74) is 2.07. The standard InChI is InChI=1S/C41H50O12/c1-25-31(48-39-35-41(24-46-39,23-43-20-27-14-8-5-9-15-27)53-38(50-35)29-18-12-7-13-19-29)30(44-21-28-16-10-6-11-17-28)22-45-37(25)49-32-26(2)47-36(42)34-33(32)51-40(3,4)52-34/h5-19,25-26,30-39,42H,20-24H2,1-4H3/t25?,26-,30-,31?,32+,33?,34?,35?,36-,37+,38+,39+,41+/m1/s1. The molecule has 12 nitrogen and oxygen atoms in total. The Labute approximate surface area is 310 Å². The maximum Gasteiger partial charge on any atom is 0.187 e. The summed E-state index contributed by atoms with van der Waals surface area (Å²) in [7, 11) is 0. The second-order valence-electron chi connectivity index (χ2n) is 15.0. The highest BCUT2D eigenvalue weighted by Gasteiger charge is 2.61. The van der Waals surface area contributed by atoms with Gasteiger partial charge in [-0.05, 0) is 31.9 Å². The SMILES string of the molecule is CC1C(O[C@@H]2OC[C@]3(COCc4ccccc4)O[C@@H](c4ccccc4)OC23)[C@H](OCc2ccccc2)CO[C@H]1O[C@@H]1C2OC(C)(C)OC2[C@H](O)O[C@@H]1C. The largest absolute Gasteiger partial charge is 0.374 e. The number of rotatable bonds is 12. The minimum absolute atomic E-state index is 0.195. The second-order valence-corrected chi connectivity index (χ2v) is 15.0. The lowest BCUT2D eigenvalue weighted by Gasteiger charge is -2.45. The predicted molar refractivity (Wildman–Crippen MR) is 188 cm³/mol. The average Bonchev–Trinajstić information content (AvgIpc) is 3.81. The van der Waals surface area contributed by atoms with E-state index in [2.05, 4.69) is 0 Å². The monoisotopic (exact) mass is 734 g/mol. The van der Waals surface area contributed by atoms with Gasteiger partial charge in [-0.3, -0.25) is 0 Å². The summed E-state index contributed by atoms with van der Waals surface area (Å²) in [5.74, 6) is -1.26. The van der Waals surface area contributed by atoms with Crippen LogP contribution in [0.5, 0.6) is 0 Å². The van der Waals surface area contributed by atoms with Crippen LogP contribution in [0.4, 0.5) is 0 Å². The highest BCUT2D eigenvalue weighted by molar-refractivity contribution is 5.19. The minimum atomic E-state index is -1.14. The van der Waals surface area contributed by atoms with E-state index in [9.17, 15) is 5.11 Å². The number of fused-ring (bicyclic) bond motifs is 2. The molecule has 53 heavy (non-hydrogen) atoms. The summed E-state index contributed by atoms with van der Waals surface area (Å²) in [6.07, 6.45) is -7.28. The average molecular weight is 735 g/mol. The Bertz CT molecular complexity index is 1610. The zero-order chi connectivity index (χ0) is 36.6. The maximum atomic E-state index is 10.7. The van der Waals surface area contributed by atoms with Gasteiger partial charge in [0.25, 0.3) is 0 Å². The molecule has 0 bridgehead atoms. The fraction of sp³-hybridized carbons (Fsp3) is 0.561. The number of ether oxygens (including phenoxy) is 11. The Morgan fingerprint density at radius 1 is 0.717 bits per heavy atom. The van der Waals surface area contributed by atoms with E-state index in [0.717, 1.165) is 16.7 Å². The Morgan fingerprint density at radius 3 is 2.08 bits per heavy atom. The first-order chi connectivity index (χ1) is 25.7. The van der Waals surface area contributed by atoms with Gasteiger partial charge in [-0.25, -0.2) is 0 Å². The van der Waals surface area contributed by atoms with Crippen molar-refractivity contribution in [3.8, 4) is 0 Å². The zero-order valence-electron chi connectivity index (χ0n) is 30.6. The topological polar surface area (TPSA) is 122 Å². The maximum absolute atomic E-state index is 10.7. The molecule has 3 aromatic rings. The zero-order valence-corrected chi connectivity index (χ0v) is 30.6. The van der Waals surface area contributed by atoms with Crippen molar-refractivity contribution >= 4 is 0 Å². The number of hydrogen-bond acceptors (Lipinski definition) is 12. The molecule has 5 aliphatic heterocycles. The molecule has 5 heterocycles. The Hall–Kier alpha value is -2.82. The Morgan fingerprint density at radius 2 is 1.36 bits per heavy atom. The van der Waals surface area contributed by atoms with Gasteiger partial charge in [-0.1, -0.05) is 97.9 Å². The summed E-state index contributed by atoms with van der Waals surface area (Å²) in [5, 5.41) is 10.7. The first kappa shape index (κ1) is 37.1. The summed E-state index contributed by atoms with van der Waals surface area (Å²) in [6, 6.07) is 29.8. The number of benzene rings is 3. The van der Waals surface area contributed by atoms with Crippen molar-refractivity contribution in [1.82, 2.24) is 0 Å². The predicted octanol–water partition coefficient (Wildman–Crippen LogP) is 5.02. The van der Waals surface area contributed by atoms with Crippen molar-refractivity contribution < 1.29 is 57.2 Å². The lowest BCUT2D eigenvalue weighted by molar-refractivity contribution is -0.333. The van der Waals surface area contributed by atoms with E-state index in [1.807, 2.05) is 119 Å². The van der Waals surface area contributed by atoms with E-state index in [1.54, 1.807) is 0 Å². The number of aliphatic hydroxyl groups is 1. The molecular formula is C41H50O12. The molecule has 12 heteroatoms. The summed E-state index contributed by atoms with van der Waals surface area (Å²) >= 11 is 0. The molecule has 286 valence electrons. The molecule has 13 atom stereocenters. The van der Waals surface area contributed by atoms with E-state index in [4.69, 9.17) is 52.1 Å². The summed E-state index contributed by atoms with van der Waals surface area (Å²) < 4.78 is 70.6. The van der Waals surface area contributed by atoms with Crippen molar-refractivity contribution in [2.75, 3.05) is 19.8 Å². The molecule has 0 radical (unpaired) electrons. The lowest BCUT2D eigenvalue weighted by Crippen LogP contribution is -2.60. The van der Waals surface area contributed by atoms with Crippen LogP contribution in [-0.4, -0.2) is 97.9 Å². The highest BCUT2D eigenvalue weighted by Crippen LogP contribution is 2.47. The lowest BCUT2D eigenvalue weighted by atomic mass is 9.94. The van der Waals surface area contributed by atoms with E-state index in [0.29, 0.717) is 13.2 Å². The van der Waals surface area contributed by atoms with Crippen LogP contribution in [0.2, 0.25) is 0 Å². The molecule has 5 fully saturated rings. The van der Waals surface area contributed by atoms with E-state index in [1.165, 1.54) is 0 Å². The van der Waals surface area contributed by atoms with Crippen molar-refractivity contribution in [1.29, 1.82) is 0 Å². The number of hydrogen-bond donors (Lipinski definition) is 1. The van der Waals surface area contributed by atoms with Crippen molar-refractivity contribution in [3.05, 3.63) is 108 Å². The van der Waals surface area contributed by atoms with E-state index >= 15 is 0 Å². The van der Waals surface area contributed by atoms with Gasteiger partial charge in [0, 0.05) is 11.5 Å². The van der Waals surface area contributed by atoms with Crippen LogP contribution >= 0.6 is 0 Å². The van der Waals surface area contributed by atoms with Gasteiger partial charge in [-0.2, -0.15) is 0 Å². The van der Waals surface area contributed by atoms with Crippen molar-refractivity contribution in [2.24, 2.45) is 5.92 Å². The third-order valence-corrected chi connectivity index (χ3v) is 10.6. The van der Waals surface area contributed by atoms with Crippen LogP contribution in [0.15, 0.2) is 91.0 Å². The highest BCUT2D eigenvalue weighted by atomic mass is 16.8. The molecule has 1 N–H and O–H groups in total. The smallest absolute Gasteiger partial charge is 0.187 e. The summed E-state index contributed by atoms with van der Waals surface area (Å²) in [6.45, 7) is 8.90. The van der Waals surface area contributed by atoms with Crippen LogP contribution in [0.3, 0.4) is 0 Å². The molecule has 3 aromatic carbocycles. The minimum Gasteiger partial charge on any atom is -0.374 e. The first-order valence-electron chi connectivity index (χ1n) is 18.6. The fourth-order valence-corrected chi connectivity index (χ4v) is 7.90. The fourth-order valence-electron chi connectivity index (χ4n) is 7.90. The van der Waals surface area contributed by atoms with Gasteiger partial charge in [0.1, 0.15) is 36.1 Å². The first-order valence-corrected chi connectivity index (χ1v) is 18.6. The molecule has 0 saturated carbocycles. The molecule has 0 amide bonds. The van der Waals surface area contributed by atoms with Crippen LogP contribution in [0.25, 0.3) is 0 Å². The van der Waals surface area contributed by atoms with Gasteiger partial charge < -0.3 is 57.2 Å². The third-order valence-electron chi connectivity index (χ3n) is 10.6. The normalized spacial score (nSPS) is 39.1. The van der Waals surface area contributed by atoms with Crippen LogP contribution in [0.1, 0.15) is 50.7 Å². The van der Waals surface area contributed by atoms with Crippen LogP contribution < -0.4 is 0 Å². The second kappa shape index (κ2) is 15.7. The molecule has 0 aromatic heterocycles. The molecular weight excluding hydrogens is 684 g/mol.